The first kappa shape index (κ1) is 29.0. The highest BCUT2D eigenvalue weighted by molar-refractivity contribution is 7.66. The number of hydrogen-bond acceptors (Lipinski definition) is 0. The van der Waals surface area contributed by atoms with Crippen LogP contribution in [0.15, 0.2) is 6.07 Å². The van der Waals surface area contributed by atoms with E-state index in [1.165, 1.54) is 0 Å². The second-order valence-electron chi connectivity index (χ2n) is 7.95. The van der Waals surface area contributed by atoms with Crippen molar-refractivity contribution in [1.29, 1.82) is 0 Å². The fourth-order valence-electron chi connectivity index (χ4n) is 3.38. The van der Waals surface area contributed by atoms with Gasteiger partial charge in [0.05, 0.1) is 0 Å². The topological polar surface area (TPSA) is 0 Å². The van der Waals surface area contributed by atoms with Gasteiger partial charge in [0.15, 0.2) is 29.4 Å². The van der Waals surface area contributed by atoms with Gasteiger partial charge in [-0.15, -0.1) is 0 Å². The zero-order chi connectivity index (χ0) is 24.7. The molecule has 0 saturated heterocycles. The summed E-state index contributed by atoms with van der Waals surface area (Å²) in [6, 6.07) is 0.163. The summed E-state index contributed by atoms with van der Waals surface area (Å²) in [4.78, 5) is 0. The molecule has 186 valence electrons. The molecule has 1 aromatic rings. The van der Waals surface area contributed by atoms with Crippen LogP contribution in [0.2, 0.25) is 0 Å². The SMILES string of the molecule is CCCC(C)CP(c1cc(F)c(F)c(F)c1F)C(F)(F)C(F)CCCCCCC(F)(F)F. The molecule has 0 spiro atoms. The van der Waals surface area contributed by atoms with Gasteiger partial charge >= 0.3 is 6.18 Å². The third-order valence-electron chi connectivity index (χ3n) is 5.05. The highest BCUT2D eigenvalue weighted by atomic mass is 31.1. The van der Waals surface area contributed by atoms with Gasteiger partial charge in [0.2, 0.25) is 0 Å². The van der Waals surface area contributed by atoms with E-state index < -0.39 is 79.4 Å². The lowest BCUT2D eigenvalue weighted by Gasteiger charge is -2.32. The van der Waals surface area contributed by atoms with Crippen molar-refractivity contribution in [3.05, 3.63) is 29.3 Å². The normalized spacial score (nSPS) is 15.6. The molecule has 0 fully saturated rings. The number of alkyl halides is 6. The predicted molar refractivity (Wildman–Crippen MR) is 105 cm³/mol. The molecule has 1 rings (SSSR count). The summed E-state index contributed by atoms with van der Waals surface area (Å²) in [6.45, 7) is 3.34. The minimum atomic E-state index is -4.33. The van der Waals surface area contributed by atoms with Crippen LogP contribution in [0.3, 0.4) is 0 Å². The first-order valence-corrected chi connectivity index (χ1v) is 11.9. The molecule has 0 aliphatic carbocycles. The zero-order valence-electron chi connectivity index (χ0n) is 17.8. The Morgan fingerprint density at radius 2 is 1.44 bits per heavy atom. The van der Waals surface area contributed by atoms with Gasteiger partial charge in [0, 0.05) is 19.6 Å². The monoisotopic (exact) mass is 500 g/mol. The van der Waals surface area contributed by atoms with E-state index in [-0.39, 0.29) is 31.7 Å². The molecular formula is C21H27F10P. The van der Waals surface area contributed by atoms with Crippen LogP contribution in [0, 0.1) is 29.2 Å². The van der Waals surface area contributed by atoms with Gasteiger partial charge < -0.3 is 0 Å². The second kappa shape index (κ2) is 12.4. The fourth-order valence-corrected chi connectivity index (χ4v) is 6.02. The smallest absolute Gasteiger partial charge is 0.240 e. The number of rotatable bonds is 13. The van der Waals surface area contributed by atoms with Crippen LogP contribution in [0.5, 0.6) is 0 Å². The van der Waals surface area contributed by atoms with Crippen LogP contribution in [-0.2, 0) is 0 Å². The van der Waals surface area contributed by atoms with Crippen LogP contribution in [-0.4, -0.2) is 24.2 Å². The minimum Gasteiger partial charge on any atom is -0.240 e. The summed E-state index contributed by atoms with van der Waals surface area (Å²) in [7, 11) is -3.08. The summed E-state index contributed by atoms with van der Waals surface area (Å²) in [6.07, 6.45) is -8.44. The van der Waals surface area contributed by atoms with E-state index in [4.69, 9.17) is 0 Å². The van der Waals surface area contributed by atoms with E-state index in [9.17, 15) is 35.1 Å². The molecule has 0 amide bonds. The first-order chi connectivity index (χ1) is 14.7. The molecule has 0 aliphatic rings. The molecule has 0 radical (unpaired) electrons. The molecule has 0 N–H and O–H groups in total. The molecule has 0 nitrogen and oxygen atoms in total. The van der Waals surface area contributed by atoms with Gasteiger partial charge in [-0.2, -0.15) is 22.0 Å². The Labute approximate surface area is 182 Å². The lowest BCUT2D eigenvalue weighted by molar-refractivity contribution is -0.135. The maximum Gasteiger partial charge on any atom is 0.389 e. The highest BCUT2D eigenvalue weighted by Crippen LogP contribution is 2.56. The Hall–Kier alpha value is -1.05. The summed E-state index contributed by atoms with van der Waals surface area (Å²) in [5, 5.41) is -1.07. The summed E-state index contributed by atoms with van der Waals surface area (Å²) in [5.74, 6) is -8.61. The summed E-state index contributed by atoms with van der Waals surface area (Å²) in [5.41, 5.74) is -4.17. The molecule has 0 saturated carbocycles. The zero-order valence-corrected chi connectivity index (χ0v) is 18.7. The molecule has 3 unspecified atom stereocenters. The van der Waals surface area contributed by atoms with Crippen LogP contribution in [0.25, 0.3) is 0 Å². The number of benzene rings is 1. The molecule has 32 heavy (non-hydrogen) atoms. The Morgan fingerprint density at radius 1 is 0.844 bits per heavy atom. The van der Waals surface area contributed by atoms with E-state index in [0.717, 1.165) is 0 Å². The van der Waals surface area contributed by atoms with Crippen LogP contribution in [0.1, 0.15) is 65.2 Å². The number of halogens is 10. The molecule has 3 atom stereocenters. The second-order valence-corrected chi connectivity index (χ2v) is 10.2. The molecule has 0 heterocycles. The maximum atomic E-state index is 15.0. The van der Waals surface area contributed by atoms with E-state index in [1.54, 1.807) is 13.8 Å². The lowest BCUT2D eigenvalue weighted by Crippen LogP contribution is -2.35. The molecule has 0 bridgehead atoms. The van der Waals surface area contributed by atoms with Crippen LogP contribution >= 0.6 is 7.92 Å². The first-order valence-electron chi connectivity index (χ1n) is 10.4. The predicted octanol–water partition coefficient (Wildman–Crippen LogP) is 8.62. The van der Waals surface area contributed by atoms with Gasteiger partial charge in [-0.05, 0) is 31.0 Å². The Balaban J connectivity index is 3.00. The van der Waals surface area contributed by atoms with Gasteiger partial charge in [-0.3, -0.25) is 0 Å². The fraction of sp³-hybridized carbons (Fsp3) is 0.714. The average Bonchev–Trinajstić information content (AvgIpc) is 2.69. The molecule has 1 aromatic carbocycles. The summed E-state index contributed by atoms with van der Waals surface area (Å²) < 4.78 is 136. The summed E-state index contributed by atoms with van der Waals surface area (Å²) >= 11 is 0. The standard InChI is InChI=1S/C21H27F10P/c1-3-8-13(2)12-32(15-11-14(22)17(24)19(26)18(15)25)21(30,31)16(23)9-6-4-5-7-10-20(27,28)29/h11,13,16H,3-10,12H2,1-2H3. The lowest BCUT2D eigenvalue weighted by atomic mass is 10.1. The van der Waals surface area contributed by atoms with E-state index in [0.29, 0.717) is 12.8 Å². The van der Waals surface area contributed by atoms with Crippen molar-refractivity contribution in [2.45, 2.75) is 83.2 Å². The molecule has 0 aromatic heterocycles. The van der Waals surface area contributed by atoms with Crippen molar-refractivity contribution in [1.82, 2.24) is 0 Å². The van der Waals surface area contributed by atoms with Crippen LogP contribution < -0.4 is 5.30 Å². The largest absolute Gasteiger partial charge is 0.389 e. The minimum absolute atomic E-state index is 0.0725. The highest BCUT2D eigenvalue weighted by Gasteiger charge is 2.49. The Morgan fingerprint density at radius 3 is 2.00 bits per heavy atom. The Bertz CT molecular complexity index is 720. The van der Waals surface area contributed by atoms with Crippen molar-refractivity contribution in [3.63, 3.8) is 0 Å². The molecular weight excluding hydrogens is 473 g/mol. The quantitative estimate of drug-likeness (QED) is 0.0836. The third kappa shape index (κ3) is 8.38. The van der Waals surface area contributed by atoms with Crippen molar-refractivity contribution in [3.8, 4) is 0 Å². The maximum absolute atomic E-state index is 15.0. The number of hydrogen-bond donors (Lipinski definition) is 0. The van der Waals surface area contributed by atoms with Crippen molar-refractivity contribution < 1.29 is 43.9 Å². The van der Waals surface area contributed by atoms with E-state index >= 15 is 8.78 Å². The van der Waals surface area contributed by atoms with Crippen molar-refractivity contribution in [2.75, 3.05) is 6.16 Å². The average molecular weight is 500 g/mol. The van der Waals surface area contributed by atoms with Gasteiger partial charge in [-0.1, -0.05) is 46.0 Å². The van der Waals surface area contributed by atoms with Crippen LogP contribution in [0.4, 0.5) is 43.9 Å². The number of unbranched alkanes of at least 4 members (excludes halogenated alkanes) is 3. The van der Waals surface area contributed by atoms with Gasteiger partial charge in [0.25, 0.3) is 5.66 Å². The molecule has 11 heteroatoms. The molecule has 0 aliphatic heterocycles. The Kier molecular flexibility index (Phi) is 11.3. The van der Waals surface area contributed by atoms with E-state index in [1.807, 2.05) is 0 Å². The van der Waals surface area contributed by atoms with Crippen molar-refractivity contribution in [2.24, 2.45) is 5.92 Å². The third-order valence-corrected chi connectivity index (χ3v) is 7.95. The van der Waals surface area contributed by atoms with Gasteiger partial charge in [-0.25, -0.2) is 22.0 Å². The van der Waals surface area contributed by atoms with Gasteiger partial charge in [0.1, 0.15) is 0 Å². The van der Waals surface area contributed by atoms with Crippen molar-refractivity contribution >= 4 is 13.2 Å². The van der Waals surface area contributed by atoms with E-state index in [2.05, 4.69) is 0 Å².